The summed E-state index contributed by atoms with van der Waals surface area (Å²) < 4.78 is 39.0. The van der Waals surface area contributed by atoms with Crippen molar-refractivity contribution < 1.29 is 89.0 Å². The Balaban J connectivity index is 1.11. The summed E-state index contributed by atoms with van der Waals surface area (Å²) in [6.07, 6.45) is -23.0. The molecule has 3 aliphatic heterocycles. The Labute approximate surface area is 293 Å². The third-order valence-corrected chi connectivity index (χ3v) is 9.27. The molecule has 0 spiro atoms. The summed E-state index contributed by atoms with van der Waals surface area (Å²) in [5, 5.41) is 113. The summed E-state index contributed by atoms with van der Waals surface area (Å²) in [7, 11) is 0. The topological polar surface area (TPSA) is 308 Å². The number of hydrogen-bond donors (Lipinski definition) is 11. The average Bonchev–Trinajstić information content (AvgIpc) is 3.12. The van der Waals surface area contributed by atoms with Crippen LogP contribution in [-0.2, 0) is 23.7 Å². The number of rotatable bonds is 9. The summed E-state index contributed by atoms with van der Waals surface area (Å²) in [5.41, 5.74) is -0.158. The summed E-state index contributed by atoms with van der Waals surface area (Å²) in [5.74, 6) is -0.717. The summed E-state index contributed by atoms with van der Waals surface area (Å²) >= 11 is 0. The van der Waals surface area contributed by atoms with Crippen molar-refractivity contribution in [2.45, 2.75) is 99.0 Å². The zero-order valence-electron chi connectivity index (χ0n) is 27.3. The van der Waals surface area contributed by atoms with Crippen molar-refractivity contribution >= 4 is 11.0 Å². The Morgan fingerprint density at radius 3 is 2.00 bits per heavy atom. The first kappa shape index (κ1) is 38.2. The maximum absolute atomic E-state index is 13.2. The molecule has 3 aromatic rings. The minimum Gasteiger partial charge on any atom is -0.508 e. The molecule has 0 bridgehead atoms. The first-order valence-electron chi connectivity index (χ1n) is 16.2. The highest BCUT2D eigenvalue weighted by molar-refractivity contribution is 5.88. The van der Waals surface area contributed by atoms with Crippen LogP contribution in [0.1, 0.15) is 6.92 Å². The second-order valence-electron chi connectivity index (χ2n) is 12.8. The second-order valence-corrected chi connectivity index (χ2v) is 12.8. The van der Waals surface area contributed by atoms with Gasteiger partial charge in [-0.2, -0.15) is 0 Å². The molecule has 3 saturated heterocycles. The number of ether oxygens (including phenoxy) is 6. The highest BCUT2D eigenvalue weighted by Gasteiger charge is 2.51. The van der Waals surface area contributed by atoms with Crippen molar-refractivity contribution in [1.29, 1.82) is 0 Å². The molecule has 0 aliphatic carbocycles. The summed E-state index contributed by atoms with van der Waals surface area (Å²) in [4.78, 5) is 13.2. The van der Waals surface area contributed by atoms with E-state index in [4.69, 9.17) is 32.8 Å². The van der Waals surface area contributed by atoms with E-state index in [1.54, 1.807) is 0 Å². The Morgan fingerprint density at radius 2 is 1.33 bits per heavy atom. The molecule has 11 N–H and O–H groups in total. The Bertz CT molecular complexity index is 1730. The zero-order chi connectivity index (χ0) is 37.6. The molecule has 6 rings (SSSR count). The van der Waals surface area contributed by atoms with Gasteiger partial charge >= 0.3 is 0 Å². The van der Waals surface area contributed by atoms with E-state index >= 15 is 0 Å². The van der Waals surface area contributed by atoms with Crippen molar-refractivity contribution in [2.75, 3.05) is 13.2 Å². The van der Waals surface area contributed by atoms with E-state index in [1.165, 1.54) is 37.3 Å². The molecule has 15 atom stereocenters. The number of aliphatic hydroxyl groups is 9. The Hall–Kier alpha value is -3.51. The zero-order valence-corrected chi connectivity index (χ0v) is 27.3. The molecule has 19 nitrogen and oxygen atoms in total. The maximum atomic E-state index is 13.2. The number of benzene rings is 2. The fourth-order valence-electron chi connectivity index (χ4n) is 6.26. The van der Waals surface area contributed by atoms with Crippen LogP contribution in [0.3, 0.4) is 0 Å². The minimum absolute atomic E-state index is 0.0123. The first-order valence-corrected chi connectivity index (χ1v) is 16.2. The lowest BCUT2D eigenvalue weighted by Gasteiger charge is -2.46. The average molecular weight is 741 g/mol. The monoisotopic (exact) mass is 740 g/mol. The molecule has 0 radical (unpaired) electrons. The van der Waals surface area contributed by atoms with Gasteiger partial charge in [-0.15, -0.1) is 0 Å². The van der Waals surface area contributed by atoms with Crippen LogP contribution in [0.2, 0.25) is 0 Å². The molecule has 286 valence electrons. The first-order chi connectivity index (χ1) is 24.7. The Kier molecular flexibility index (Phi) is 11.4. The standard InChI is InChI=1S/C33H40O19/c1-11-30(52-33-28(44)24(40)22(38)18(8-34)50-33)26(42)29(45)31(48-11)47-10-19-23(39)25(41)27(43)32(51-19)49-14-6-16(36)20-17(7-14)46-9-15(21(20)37)12-2-4-13(35)5-3-12/h2-7,9,11,18-19,22-36,38-45H,8,10H2,1H3/t11-,18-,19+,22+,23+,24-,25-,26+,27+,28+,29-,30-,31-,32+,33+/m1/s1. The van der Waals surface area contributed by atoms with E-state index in [-0.39, 0.29) is 28.0 Å². The van der Waals surface area contributed by atoms with Gasteiger partial charge in [0.25, 0.3) is 0 Å². The SMILES string of the molecule is C[C@H]1O[C@@H](OC[C@@H]2O[C@H](Oc3cc(O)c4c(=O)c(-c5ccc(O)cc5)coc4c3)[C@@H](O)[C@H](O)[C@H]2O)[C@H](O)[C@H](O)[C@@H]1O[C@@H]1O[C@H](CO)[C@H](O)[C@@H](O)[C@@H]1O. The normalized spacial score (nSPS) is 38.3. The van der Waals surface area contributed by atoms with E-state index in [2.05, 4.69) is 0 Å². The van der Waals surface area contributed by atoms with Crippen molar-refractivity contribution in [3.05, 3.63) is 52.9 Å². The highest BCUT2D eigenvalue weighted by Crippen LogP contribution is 2.34. The largest absolute Gasteiger partial charge is 0.508 e. The van der Waals surface area contributed by atoms with E-state index in [9.17, 15) is 61.0 Å². The molecule has 3 aliphatic rings. The van der Waals surface area contributed by atoms with E-state index < -0.39 is 117 Å². The van der Waals surface area contributed by atoms with Crippen molar-refractivity contribution in [3.8, 4) is 28.4 Å². The molecule has 0 amide bonds. The molecule has 4 heterocycles. The predicted octanol–water partition coefficient (Wildman–Crippen LogP) is -3.27. The molecule has 3 fully saturated rings. The summed E-state index contributed by atoms with van der Waals surface area (Å²) in [6, 6.07) is 8.03. The van der Waals surface area contributed by atoms with Gasteiger partial charge in [-0.1, -0.05) is 12.1 Å². The highest BCUT2D eigenvalue weighted by atomic mass is 16.7. The second kappa shape index (κ2) is 15.5. The third kappa shape index (κ3) is 7.34. The van der Waals surface area contributed by atoms with Gasteiger partial charge in [0.1, 0.15) is 102 Å². The van der Waals surface area contributed by atoms with Crippen molar-refractivity contribution in [2.24, 2.45) is 0 Å². The maximum Gasteiger partial charge on any atom is 0.229 e. The van der Waals surface area contributed by atoms with E-state index in [0.29, 0.717) is 5.56 Å². The van der Waals surface area contributed by atoms with Gasteiger partial charge in [-0.3, -0.25) is 4.79 Å². The molecule has 2 aromatic carbocycles. The predicted molar refractivity (Wildman–Crippen MR) is 169 cm³/mol. The number of aromatic hydroxyl groups is 2. The number of phenols is 2. The molecule has 0 unspecified atom stereocenters. The fraction of sp³-hybridized carbons (Fsp3) is 0.545. The molecule has 0 saturated carbocycles. The van der Waals surface area contributed by atoms with Gasteiger partial charge < -0.3 is 89.0 Å². The van der Waals surface area contributed by atoms with Gasteiger partial charge in [-0.25, -0.2) is 0 Å². The lowest BCUT2D eigenvalue weighted by atomic mass is 9.97. The lowest BCUT2D eigenvalue weighted by molar-refractivity contribution is -0.359. The molecule has 52 heavy (non-hydrogen) atoms. The van der Waals surface area contributed by atoms with Crippen LogP contribution in [-0.4, -0.2) is 162 Å². The van der Waals surface area contributed by atoms with Crippen LogP contribution >= 0.6 is 0 Å². The minimum atomic E-state index is -1.84. The van der Waals surface area contributed by atoms with Crippen LogP contribution in [0.4, 0.5) is 0 Å². The smallest absolute Gasteiger partial charge is 0.229 e. The lowest BCUT2D eigenvalue weighted by Crippen LogP contribution is -2.64. The third-order valence-electron chi connectivity index (χ3n) is 9.27. The number of phenolic OH excluding ortho intramolecular Hbond substituents is 2. The van der Waals surface area contributed by atoms with Crippen LogP contribution in [0.25, 0.3) is 22.1 Å². The molecular formula is C33H40O19. The van der Waals surface area contributed by atoms with Gasteiger partial charge in [0, 0.05) is 12.1 Å². The molecule has 1 aromatic heterocycles. The van der Waals surface area contributed by atoms with Crippen LogP contribution < -0.4 is 10.2 Å². The van der Waals surface area contributed by atoms with Crippen LogP contribution in [0, 0.1) is 0 Å². The summed E-state index contributed by atoms with van der Waals surface area (Å²) in [6.45, 7) is 0.106. The van der Waals surface area contributed by atoms with Crippen molar-refractivity contribution in [3.63, 3.8) is 0 Å². The number of fused-ring (bicyclic) bond motifs is 1. The van der Waals surface area contributed by atoms with Gasteiger partial charge in [-0.05, 0) is 24.6 Å². The van der Waals surface area contributed by atoms with Gasteiger partial charge in [0.05, 0.1) is 24.9 Å². The number of aliphatic hydroxyl groups excluding tert-OH is 9. The molecular weight excluding hydrogens is 700 g/mol. The van der Waals surface area contributed by atoms with Gasteiger partial charge in [0.15, 0.2) is 12.6 Å². The van der Waals surface area contributed by atoms with Gasteiger partial charge in [0.2, 0.25) is 11.7 Å². The number of hydrogen-bond acceptors (Lipinski definition) is 19. The van der Waals surface area contributed by atoms with E-state index in [1.807, 2.05) is 0 Å². The van der Waals surface area contributed by atoms with Crippen molar-refractivity contribution in [1.82, 2.24) is 0 Å². The quantitative estimate of drug-likeness (QED) is 0.102. The van der Waals surface area contributed by atoms with E-state index in [0.717, 1.165) is 12.3 Å². The molecule has 19 heteroatoms. The van der Waals surface area contributed by atoms with Crippen LogP contribution in [0.5, 0.6) is 17.2 Å². The fourth-order valence-corrected chi connectivity index (χ4v) is 6.26. The van der Waals surface area contributed by atoms with Crippen LogP contribution in [0.15, 0.2) is 51.9 Å². The Morgan fingerprint density at radius 1 is 0.712 bits per heavy atom.